The molecule has 0 aromatic carbocycles. The van der Waals surface area contributed by atoms with Crippen LogP contribution in [0.15, 0.2) is 18.2 Å². The zero-order valence-electron chi connectivity index (χ0n) is 10.4. The number of nitrogens with one attached hydrogen (secondary N) is 1. The number of nitrogens with two attached hydrogens (primary N) is 1. The van der Waals surface area contributed by atoms with Crippen LogP contribution in [0, 0.1) is 0 Å². The summed E-state index contributed by atoms with van der Waals surface area (Å²) >= 11 is 1.95. The molecule has 0 bridgehead atoms. The molecule has 1 fully saturated rings. The number of aromatic nitrogens is 1. The minimum absolute atomic E-state index is 0.334. The number of hydrazine groups is 1. The lowest BCUT2D eigenvalue weighted by molar-refractivity contribution is 0.0948. The Balaban J connectivity index is 1.90. The molecule has 18 heavy (non-hydrogen) atoms. The van der Waals surface area contributed by atoms with E-state index in [-0.39, 0.29) is 5.91 Å². The van der Waals surface area contributed by atoms with Crippen LogP contribution in [0.3, 0.4) is 0 Å². The van der Waals surface area contributed by atoms with Crippen LogP contribution in [-0.4, -0.2) is 16.1 Å². The van der Waals surface area contributed by atoms with Gasteiger partial charge in [0.05, 0.1) is 5.69 Å². The third-order valence-electron chi connectivity index (χ3n) is 3.19. The van der Waals surface area contributed by atoms with Gasteiger partial charge in [-0.2, -0.15) is 11.8 Å². The van der Waals surface area contributed by atoms with Crippen LogP contribution >= 0.6 is 11.8 Å². The second-order valence-electron chi connectivity index (χ2n) is 4.56. The van der Waals surface area contributed by atoms with E-state index in [9.17, 15) is 4.79 Å². The van der Waals surface area contributed by atoms with Crippen molar-refractivity contribution < 1.29 is 4.79 Å². The predicted octanol–water partition coefficient (Wildman–Crippen LogP) is 2.25. The summed E-state index contributed by atoms with van der Waals surface area (Å²) in [5.41, 5.74) is 3.44. The number of amides is 1. The lowest BCUT2D eigenvalue weighted by Crippen LogP contribution is -2.30. The van der Waals surface area contributed by atoms with Gasteiger partial charge in [-0.3, -0.25) is 10.2 Å². The first-order valence-electron chi connectivity index (χ1n) is 6.38. The van der Waals surface area contributed by atoms with E-state index in [2.05, 4.69) is 10.4 Å². The van der Waals surface area contributed by atoms with Gasteiger partial charge >= 0.3 is 0 Å². The normalized spacial score (nSPS) is 16.5. The Morgan fingerprint density at radius 2 is 2.17 bits per heavy atom. The van der Waals surface area contributed by atoms with Gasteiger partial charge in [-0.1, -0.05) is 25.3 Å². The van der Waals surface area contributed by atoms with Crippen LogP contribution in [0.25, 0.3) is 0 Å². The van der Waals surface area contributed by atoms with E-state index in [1.807, 2.05) is 23.9 Å². The standard InChI is InChI=1S/C13H19N3OS/c14-16-13(17)12-8-4-5-10(15-12)9-18-11-6-2-1-3-7-11/h4-5,8,11H,1-3,6-7,9,14H2,(H,16,17). The van der Waals surface area contributed by atoms with Crippen molar-refractivity contribution in [1.82, 2.24) is 10.4 Å². The minimum Gasteiger partial charge on any atom is -0.289 e. The number of nitrogen functional groups attached to an aromatic ring is 1. The van der Waals surface area contributed by atoms with Crippen molar-refractivity contribution in [3.8, 4) is 0 Å². The van der Waals surface area contributed by atoms with Crippen LogP contribution in [0.5, 0.6) is 0 Å². The Bertz CT molecular complexity index is 405. The Morgan fingerprint density at radius 1 is 1.39 bits per heavy atom. The summed E-state index contributed by atoms with van der Waals surface area (Å²) in [4.78, 5) is 15.7. The average molecular weight is 265 g/mol. The summed E-state index contributed by atoms with van der Waals surface area (Å²) in [5, 5.41) is 0.757. The Morgan fingerprint density at radius 3 is 2.89 bits per heavy atom. The SMILES string of the molecule is NNC(=O)c1cccc(CSC2CCCCC2)n1. The Labute approximate surface area is 112 Å². The van der Waals surface area contributed by atoms with Crippen molar-refractivity contribution in [3.05, 3.63) is 29.6 Å². The number of carbonyl (C=O) groups excluding carboxylic acids is 1. The van der Waals surface area contributed by atoms with Gasteiger partial charge in [0.2, 0.25) is 0 Å². The number of thioether (sulfide) groups is 1. The summed E-state index contributed by atoms with van der Waals surface area (Å²) in [6, 6.07) is 5.49. The highest BCUT2D eigenvalue weighted by molar-refractivity contribution is 7.99. The molecule has 0 radical (unpaired) electrons. The maximum absolute atomic E-state index is 11.4. The van der Waals surface area contributed by atoms with Gasteiger partial charge in [-0.25, -0.2) is 10.8 Å². The van der Waals surface area contributed by atoms with E-state index in [1.54, 1.807) is 6.07 Å². The van der Waals surface area contributed by atoms with Gasteiger partial charge < -0.3 is 0 Å². The molecule has 1 heterocycles. The number of rotatable bonds is 4. The van der Waals surface area contributed by atoms with Gasteiger partial charge in [0, 0.05) is 11.0 Å². The molecule has 0 unspecified atom stereocenters. The first-order valence-corrected chi connectivity index (χ1v) is 7.43. The number of carbonyl (C=O) groups is 1. The van der Waals surface area contributed by atoms with Crippen molar-refractivity contribution in [2.24, 2.45) is 5.84 Å². The maximum atomic E-state index is 11.4. The molecule has 0 spiro atoms. The first-order chi connectivity index (χ1) is 8.79. The summed E-state index contributed by atoms with van der Waals surface area (Å²) in [6.45, 7) is 0. The zero-order chi connectivity index (χ0) is 12.8. The van der Waals surface area contributed by atoms with Crippen molar-refractivity contribution >= 4 is 17.7 Å². The van der Waals surface area contributed by atoms with Gasteiger partial charge in [0.1, 0.15) is 5.69 Å². The maximum Gasteiger partial charge on any atom is 0.283 e. The van der Waals surface area contributed by atoms with Gasteiger partial charge in [0.15, 0.2) is 0 Å². The summed E-state index contributed by atoms with van der Waals surface area (Å²) in [7, 11) is 0. The number of hydrogen-bond acceptors (Lipinski definition) is 4. The van der Waals surface area contributed by atoms with Crippen LogP contribution in [-0.2, 0) is 5.75 Å². The Kier molecular flexibility index (Phi) is 5.01. The molecular weight excluding hydrogens is 246 g/mol. The van der Waals surface area contributed by atoms with E-state index in [0.717, 1.165) is 16.7 Å². The van der Waals surface area contributed by atoms with Gasteiger partial charge in [0.25, 0.3) is 5.91 Å². The second kappa shape index (κ2) is 6.75. The van der Waals surface area contributed by atoms with Gasteiger partial charge in [-0.15, -0.1) is 0 Å². The highest BCUT2D eigenvalue weighted by Gasteiger charge is 2.14. The van der Waals surface area contributed by atoms with Crippen LogP contribution in [0.4, 0.5) is 0 Å². The zero-order valence-corrected chi connectivity index (χ0v) is 11.2. The molecule has 0 aliphatic heterocycles. The van der Waals surface area contributed by atoms with E-state index in [0.29, 0.717) is 5.69 Å². The van der Waals surface area contributed by atoms with Crippen LogP contribution in [0.1, 0.15) is 48.3 Å². The van der Waals surface area contributed by atoms with Crippen molar-refractivity contribution in [2.45, 2.75) is 43.1 Å². The molecule has 4 nitrogen and oxygen atoms in total. The molecule has 0 atom stereocenters. The fourth-order valence-corrected chi connectivity index (χ4v) is 3.43. The van der Waals surface area contributed by atoms with Crippen molar-refractivity contribution in [3.63, 3.8) is 0 Å². The molecule has 5 heteroatoms. The summed E-state index contributed by atoms with van der Waals surface area (Å²) in [6.07, 6.45) is 6.70. The van der Waals surface area contributed by atoms with E-state index in [4.69, 9.17) is 5.84 Å². The molecule has 3 N–H and O–H groups in total. The monoisotopic (exact) mass is 265 g/mol. The second-order valence-corrected chi connectivity index (χ2v) is 5.85. The highest BCUT2D eigenvalue weighted by Crippen LogP contribution is 2.30. The smallest absolute Gasteiger partial charge is 0.283 e. The molecular formula is C13H19N3OS. The topological polar surface area (TPSA) is 68.0 Å². The van der Waals surface area contributed by atoms with E-state index >= 15 is 0 Å². The van der Waals surface area contributed by atoms with Crippen molar-refractivity contribution in [2.75, 3.05) is 0 Å². The van der Waals surface area contributed by atoms with E-state index in [1.165, 1.54) is 32.1 Å². The molecule has 98 valence electrons. The number of hydrogen-bond donors (Lipinski definition) is 2. The minimum atomic E-state index is -0.334. The highest BCUT2D eigenvalue weighted by atomic mass is 32.2. The number of nitrogens with zero attached hydrogens (tertiary/aromatic N) is 1. The molecule has 1 amide bonds. The quantitative estimate of drug-likeness (QED) is 0.498. The number of pyridine rings is 1. The molecule has 1 aromatic heterocycles. The molecule has 0 saturated heterocycles. The average Bonchev–Trinajstić information content (AvgIpc) is 2.45. The fourth-order valence-electron chi connectivity index (χ4n) is 2.20. The largest absolute Gasteiger partial charge is 0.289 e. The molecule has 1 aliphatic carbocycles. The third-order valence-corrected chi connectivity index (χ3v) is 4.59. The fraction of sp³-hybridized carbons (Fsp3) is 0.538. The molecule has 1 saturated carbocycles. The van der Waals surface area contributed by atoms with E-state index < -0.39 is 0 Å². The molecule has 1 aromatic rings. The first kappa shape index (κ1) is 13.4. The molecule has 1 aliphatic rings. The van der Waals surface area contributed by atoms with Crippen molar-refractivity contribution in [1.29, 1.82) is 0 Å². The lowest BCUT2D eigenvalue weighted by atomic mass is 10.0. The lowest BCUT2D eigenvalue weighted by Gasteiger charge is -2.20. The third kappa shape index (κ3) is 3.71. The van der Waals surface area contributed by atoms with Gasteiger partial charge in [-0.05, 0) is 25.0 Å². The predicted molar refractivity (Wildman–Crippen MR) is 74.1 cm³/mol. The summed E-state index contributed by atoms with van der Waals surface area (Å²) in [5.74, 6) is 5.64. The summed E-state index contributed by atoms with van der Waals surface area (Å²) < 4.78 is 0. The molecule has 2 rings (SSSR count). The Hall–Kier alpha value is -1.07. The van der Waals surface area contributed by atoms with Crippen LogP contribution < -0.4 is 11.3 Å². The van der Waals surface area contributed by atoms with Crippen LogP contribution in [0.2, 0.25) is 0 Å².